The Morgan fingerprint density at radius 3 is 1.79 bits per heavy atom. The number of fused-ring (bicyclic) bond motifs is 1. The van der Waals surface area contributed by atoms with E-state index in [1.54, 1.807) is 28.4 Å². The minimum atomic E-state index is 0.580. The molecule has 0 saturated heterocycles. The van der Waals surface area contributed by atoms with Crippen LogP contribution in [0, 0.1) is 0 Å². The first-order chi connectivity index (χ1) is 14.2. The first-order valence-electron chi connectivity index (χ1n) is 9.28. The highest BCUT2D eigenvalue weighted by molar-refractivity contribution is 5.87. The number of nitrogens with zero attached hydrogens (tertiary/aromatic N) is 2. The summed E-state index contributed by atoms with van der Waals surface area (Å²) in [5, 5.41) is 0. The summed E-state index contributed by atoms with van der Waals surface area (Å²) in [5.41, 5.74) is 4.24. The first-order valence-corrected chi connectivity index (χ1v) is 9.28. The van der Waals surface area contributed by atoms with Gasteiger partial charge in [0.2, 0.25) is 5.75 Å². The molecule has 150 valence electrons. The van der Waals surface area contributed by atoms with E-state index in [1.807, 2.05) is 42.5 Å². The average Bonchev–Trinajstić information content (AvgIpc) is 3.17. The Kier molecular flexibility index (Phi) is 5.08. The number of rotatable bonds is 6. The summed E-state index contributed by atoms with van der Waals surface area (Å²) in [5.74, 6) is 2.65. The van der Waals surface area contributed by atoms with Crippen LogP contribution in [0.3, 0.4) is 0 Å². The lowest BCUT2D eigenvalue weighted by Crippen LogP contribution is -2.24. The molecular weight excluding hydrogens is 368 g/mol. The van der Waals surface area contributed by atoms with Crippen molar-refractivity contribution >= 4 is 22.7 Å². The molecule has 29 heavy (non-hydrogen) atoms. The minimum Gasteiger partial charge on any atom is -0.497 e. The first kappa shape index (κ1) is 18.8. The van der Waals surface area contributed by atoms with E-state index in [2.05, 4.69) is 28.0 Å². The van der Waals surface area contributed by atoms with Gasteiger partial charge in [-0.2, -0.15) is 0 Å². The van der Waals surface area contributed by atoms with Gasteiger partial charge in [0.15, 0.2) is 11.5 Å². The van der Waals surface area contributed by atoms with Crippen molar-refractivity contribution in [2.24, 2.45) is 0 Å². The maximum Gasteiger partial charge on any atom is 0.203 e. The predicted octanol–water partition coefficient (Wildman–Crippen LogP) is 4.97. The van der Waals surface area contributed by atoms with E-state index in [1.165, 1.54) is 0 Å². The molecule has 0 bridgehead atoms. The van der Waals surface area contributed by atoms with E-state index in [-0.39, 0.29) is 0 Å². The quantitative estimate of drug-likeness (QED) is 0.590. The van der Waals surface area contributed by atoms with E-state index >= 15 is 0 Å². The number of para-hydroxylation sites is 2. The second-order valence-electron chi connectivity index (χ2n) is 6.57. The largest absolute Gasteiger partial charge is 0.497 e. The summed E-state index contributed by atoms with van der Waals surface area (Å²) in [7, 11) is 6.54. The standard InChI is InChI=1S/C23H24N2O4/c1-26-18-9-7-8-16(12-18)24-15-25(20-11-6-5-10-19(20)24)17-13-21(27-2)23(29-4)22(14-17)28-3/h5-14H,15H2,1-4H3. The van der Waals surface area contributed by atoms with E-state index in [0.29, 0.717) is 23.9 Å². The highest BCUT2D eigenvalue weighted by Crippen LogP contribution is 2.48. The van der Waals surface area contributed by atoms with Crippen LogP contribution >= 0.6 is 0 Å². The second kappa shape index (κ2) is 7.83. The molecule has 6 heteroatoms. The van der Waals surface area contributed by atoms with Gasteiger partial charge in [0.25, 0.3) is 0 Å². The van der Waals surface area contributed by atoms with Gasteiger partial charge in [-0.3, -0.25) is 0 Å². The molecule has 3 aromatic carbocycles. The highest BCUT2D eigenvalue weighted by Gasteiger charge is 2.29. The molecule has 6 nitrogen and oxygen atoms in total. The number of methoxy groups -OCH3 is 4. The van der Waals surface area contributed by atoms with Crippen LogP contribution in [0.5, 0.6) is 23.0 Å². The van der Waals surface area contributed by atoms with Gasteiger partial charge in [0.1, 0.15) is 12.4 Å². The normalized spacial score (nSPS) is 12.6. The summed E-state index contributed by atoms with van der Waals surface area (Å²) in [6.45, 7) is 0.644. The van der Waals surface area contributed by atoms with Crippen LogP contribution in [0.1, 0.15) is 0 Å². The topological polar surface area (TPSA) is 43.4 Å². The van der Waals surface area contributed by atoms with Crippen LogP contribution in [-0.4, -0.2) is 35.1 Å². The third-order valence-corrected chi connectivity index (χ3v) is 5.07. The van der Waals surface area contributed by atoms with Gasteiger partial charge in [0, 0.05) is 23.9 Å². The molecule has 0 saturated carbocycles. The molecule has 1 aliphatic heterocycles. The molecule has 0 fully saturated rings. The summed E-state index contributed by atoms with van der Waals surface area (Å²) < 4.78 is 22.0. The zero-order valence-electron chi connectivity index (χ0n) is 17.0. The third-order valence-electron chi connectivity index (χ3n) is 5.07. The van der Waals surface area contributed by atoms with E-state index < -0.39 is 0 Å². The van der Waals surface area contributed by atoms with Crippen molar-refractivity contribution in [2.75, 3.05) is 44.9 Å². The van der Waals surface area contributed by atoms with Gasteiger partial charge in [-0.25, -0.2) is 0 Å². The van der Waals surface area contributed by atoms with Crippen LogP contribution in [0.15, 0.2) is 60.7 Å². The fourth-order valence-corrected chi connectivity index (χ4v) is 3.66. The lowest BCUT2D eigenvalue weighted by atomic mass is 10.2. The SMILES string of the molecule is COc1cccc(N2CN(c3cc(OC)c(OC)c(OC)c3)c3ccccc32)c1. The molecule has 0 unspecified atom stereocenters. The molecule has 0 aliphatic carbocycles. The van der Waals surface area contributed by atoms with E-state index in [0.717, 1.165) is 28.5 Å². The minimum absolute atomic E-state index is 0.580. The molecule has 1 heterocycles. The average molecular weight is 392 g/mol. The maximum absolute atomic E-state index is 5.55. The number of benzene rings is 3. The van der Waals surface area contributed by atoms with Crippen LogP contribution in [0.4, 0.5) is 22.7 Å². The lowest BCUT2D eigenvalue weighted by Gasteiger charge is -2.24. The molecule has 0 N–H and O–H groups in total. The fourth-order valence-electron chi connectivity index (χ4n) is 3.66. The second-order valence-corrected chi connectivity index (χ2v) is 6.57. The van der Waals surface area contributed by atoms with Gasteiger partial charge < -0.3 is 28.7 Å². The van der Waals surface area contributed by atoms with E-state index in [4.69, 9.17) is 18.9 Å². The van der Waals surface area contributed by atoms with Crippen LogP contribution in [0.2, 0.25) is 0 Å². The molecule has 1 aliphatic rings. The Hall–Kier alpha value is -3.54. The van der Waals surface area contributed by atoms with Crippen LogP contribution in [-0.2, 0) is 0 Å². The molecule has 0 aromatic heterocycles. The molecule has 0 spiro atoms. The Morgan fingerprint density at radius 1 is 0.621 bits per heavy atom. The predicted molar refractivity (Wildman–Crippen MR) is 115 cm³/mol. The Labute approximate surface area is 170 Å². The Bertz CT molecular complexity index is 996. The van der Waals surface area contributed by atoms with Crippen molar-refractivity contribution in [3.05, 3.63) is 60.7 Å². The number of hydrogen-bond acceptors (Lipinski definition) is 6. The summed E-state index contributed by atoms with van der Waals surface area (Å²) in [6, 6.07) is 20.3. The van der Waals surface area contributed by atoms with Crippen molar-refractivity contribution in [3.63, 3.8) is 0 Å². The number of ether oxygens (including phenoxy) is 4. The monoisotopic (exact) mass is 392 g/mol. The molecule has 0 amide bonds. The highest BCUT2D eigenvalue weighted by atomic mass is 16.5. The van der Waals surface area contributed by atoms with Crippen molar-refractivity contribution in [2.45, 2.75) is 0 Å². The maximum atomic E-state index is 5.55. The Balaban J connectivity index is 1.80. The van der Waals surface area contributed by atoms with Crippen molar-refractivity contribution < 1.29 is 18.9 Å². The smallest absolute Gasteiger partial charge is 0.203 e. The molecular formula is C23H24N2O4. The zero-order chi connectivity index (χ0) is 20.4. The van der Waals surface area contributed by atoms with Crippen molar-refractivity contribution in [1.29, 1.82) is 0 Å². The summed E-state index contributed by atoms with van der Waals surface area (Å²) >= 11 is 0. The fraction of sp³-hybridized carbons (Fsp3) is 0.217. The summed E-state index contributed by atoms with van der Waals surface area (Å²) in [4.78, 5) is 4.47. The van der Waals surface area contributed by atoms with Gasteiger partial charge in [-0.1, -0.05) is 18.2 Å². The van der Waals surface area contributed by atoms with Crippen LogP contribution in [0.25, 0.3) is 0 Å². The molecule has 0 atom stereocenters. The van der Waals surface area contributed by atoms with Gasteiger partial charge in [-0.05, 0) is 24.3 Å². The zero-order valence-corrected chi connectivity index (χ0v) is 17.0. The van der Waals surface area contributed by atoms with Crippen LogP contribution < -0.4 is 28.7 Å². The van der Waals surface area contributed by atoms with Gasteiger partial charge in [0.05, 0.1) is 45.5 Å². The van der Waals surface area contributed by atoms with Crippen molar-refractivity contribution in [3.8, 4) is 23.0 Å². The number of anilines is 4. The molecule has 4 rings (SSSR count). The molecule has 3 aromatic rings. The van der Waals surface area contributed by atoms with Crippen molar-refractivity contribution in [1.82, 2.24) is 0 Å². The lowest BCUT2D eigenvalue weighted by molar-refractivity contribution is 0.324. The van der Waals surface area contributed by atoms with Gasteiger partial charge in [-0.15, -0.1) is 0 Å². The number of hydrogen-bond donors (Lipinski definition) is 0. The third kappa shape index (κ3) is 3.27. The Morgan fingerprint density at radius 2 is 1.24 bits per heavy atom. The summed E-state index contributed by atoms with van der Waals surface area (Å²) in [6.07, 6.45) is 0. The molecule has 0 radical (unpaired) electrons. The van der Waals surface area contributed by atoms with Gasteiger partial charge >= 0.3 is 0 Å². The van der Waals surface area contributed by atoms with E-state index in [9.17, 15) is 0 Å².